The van der Waals surface area contributed by atoms with Gasteiger partial charge in [0.15, 0.2) is 5.76 Å². The number of hydrogen-bond acceptors (Lipinski definition) is 3. The standard InChI is InChI=1S/C19H16N2O3/c22-18-6-3-11-21(18)15-9-7-14(8-10-15)20-19(23)17-12-13-4-1-2-5-16(13)24-17/h1-2,4-5,7-10,12H,3,6,11H2,(H,20,23). The summed E-state index contributed by atoms with van der Waals surface area (Å²) in [7, 11) is 0. The summed E-state index contributed by atoms with van der Waals surface area (Å²) in [5.41, 5.74) is 2.21. The summed E-state index contributed by atoms with van der Waals surface area (Å²) >= 11 is 0. The van der Waals surface area contributed by atoms with E-state index >= 15 is 0 Å². The molecule has 0 saturated carbocycles. The van der Waals surface area contributed by atoms with Crippen molar-refractivity contribution in [3.05, 3.63) is 60.4 Å². The zero-order valence-electron chi connectivity index (χ0n) is 13.0. The Hall–Kier alpha value is -3.08. The fourth-order valence-corrected chi connectivity index (χ4v) is 2.93. The maximum atomic E-state index is 12.3. The number of carbonyl (C=O) groups is 2. The highest BCUT2D eigenvalue weighted by molar-refractivity contribution is 6.04. The first-order valence-electron chi connectivity index (χ1n) is 7.91. The van der Waals surface area contributed by atoms with E-state index in [1.165, 1.54) is 0 Å². The van der Waals surface area contributed by atoms with Crippen molar-refractivity contribution in [1.29, 1.82) is 0 Å². The van der Waals surface area contributed by atoms with Gasteiger partial charge < -0.3 is 14.6 Å². The molecule has 1 aromatic heterocycles. The zero-order valence-corrected chi connectivity index (χ0v) is 13.0. The molecule has 2 amide bonds. The molecule has 24 heavy (non-hydrogen) atoms. The van der Waals surface area contributed by atoms with Crippen LogP contribution in [-0.4, -0.2) is 18.4 Å². The molecule has 1 fully saturated rings. The molecule has 3 aromatic rings. The Morgan fingerprint density at radius 2 is 1.88 bits per heavy atom. The molecule has 120 valence electrons. The van der Waals surface area contributed by atoms with Crippen LogP contribution in [0.5, 0.6) is 0 Å². The molecule has 0 spiro atoms. The highest BCUT2D eigenvalue weighted by Gasteiger charge is 2.21. The van der Waals surface area contributed by atoms with Gasteiger partial charge in [0.1, 0.15) is 5.58 Å². The third kappa shape index (κ3) is 2.65. The highest BCUT2D eigenvalue weighted by atomic mass is 16.3. The van der Waals surface area contributed by atoms with E-state index in [2.05, 4.69) is 5.32 Å². The summed E-state index contributed by atoms with van der Waals surface area (Å²) in [6, 6.07) is 16.5. The quantitative estimate of drug-likeness (QED) is 0.798. The average molecular weight is 320 g/mol. The number of nitrogens with one attached hydrogen (secondary N) is 1. The highest BCUT2D eigenvalue weighted by Crippen LogP contribution is 2.24. The topological polar surface area (TPSA) is 62.6 Å². The van der Waals surface area contributed by atoms with Gasteiger partial charge >= 0.3 is 0 Å². The number of nitrogens with zero attached hydrogens (tertiary/aromatic N) is 1. The van der Waals surface area contributed by atoms with Crippen molar-refractivity contribution in [2.45, 2.75) is 12.8 Å². The van der Waals surface area contributed by atoms with Crippen LogP contribution in [0.4, 0.5) is 11.4 Å². The smallest absolute Gasteiger partial charge is 0.291 e. The minimum atomic E-state index is -0.295. The maximum Gasteiger partial charge on any atom is 0.291 e. The van der Waals surface area contributed by atoms with Crippen LogP contribution in [0.2, 0.25) is 0 Å². The van der Waals surface area contributed by atoms with Gasteiger partial charge in [-0.15, -0.1) is 0 Å². The van der Waals surface area contributed by atoms with E-state index in [-0.39, 0.29) is 17.6 Å². The number of rotatable bonds is 3. The van der Waals surface area contributed by atoms with Crippen LogP contribution in [0.1, 0.15) is 23.4 Å². The third-order valence-corrected chi connectivity index (χ3v) is 4.16. The molecule has 1 aliphatic rings. The summed E-state index contributed by atoms with van der Waals surface area (Å²) in [6.07, 6.45) is 1.49. The number of benzene rings is 2. The minimum absolute atomic E-state index is 0.147. The lowest BCUT2D eigenvalue weighted by atomic mass is 10.2. The van der Waals surface area contributed by atoms with Gasteiger partial charge in [-0.1, -0.05) is 18.2 Å². The molecule has 1 aliphatic heterocycles. The number of fused-ring (bicyclic) bond motifs is 1. The lowest BCUT2D eigenvalue weighted by Crippen LogP contribution is -2.23. The molecule has 4 rings (SSSR count). The van der Waals surface area contributed by atoms with E-state index in [1.54, 1.807) is 23.1 Å². The number of anilines is 2. The summed E-state index contributed by atoms with van der Waals surface area (Å²) in [5, 5.41) is 3.71. The Morgan fingerprint density at radius 1 is 1.08 bits per heavy atom. The van der Waals surface area contributed by atoms with Crippen LogP contribution >= 0.6 is 0 Å². The third-order valence-electron chi connectivity index (χ3n) is 4.16. The zero-order chi connectivity index (χ0) is 16.5. The Bertz CT molecular complexity index is 879. The molecule has 5 heteroatoms. The molecule has 1 saturated heterocycles. The van der Waals surface area contributed by atoms with E-state index in [4.69, 9.17) is 4.42 Å². The number of hydrogen-bond donors (Lipinski definition) is 1. The molecule has 0 atom stereocenters. The lowest BCUT2D eigenvalue weighted by molar-refractivity contribution is -0.117. The minimum Gasteiger partial charge on any atom is -0.451 e. The largest absolute Gasteiger partial charge is 0.451 e. The second kappa shape index (κ2) is 5.85. The normalized spacial score (nSPS) is 14.3. The van der Waals surface area contributed by atoms with Crippen LogP contribution in [0.25, 0.3) is 11.0 Å². The Labute approximate surface area is 138 Å². The van der Waals surface area contributed by atoms with Gasteiger partial charge in [-0.3, -0.25) is 9.59 Å². The van der Waals surface area contributed by atoms with E-state index in [1.807, 2.05) is 36.4 Å². The van der Waals surface area contributed by atoms with Crippen molar-refractivity contribution in [2.24, 2.45) is 0 Å². The summed E-state index contributed by atoms with van der Waals surface area (Å²) < 4.78 is 5.56. The van der Waals surface area contributed by atoms with Crippen LogP contribution in [0.15, 0.2) is 59.0 Å². The molecule has 2 heterocycles. The predicted molar refractivity (Wildman–Crippen MR) is 92.2 cm³/mol. The number of carbonyl (C=O) groups excluding carboxylic acids is 2. The van der Waals surface area contributed by atoms with Crippen molar-refractivity contribution < 1.29 is 14.0 Å². The Balaban J connectivity index is 1.50. The molecule has 0 radical (unpaired) electrons. The van der Waals surface area contributed by atoms with Crippen LogP contribution in [0.3, 0.4) is 0 Å². The van der Waals surface area contributed by atoms with Crippen LogP contribution < -0.4 is 10.2 Å². The molecule has 0 unspecified atom stereocenters. The first-order valence-corrected chi connectivity index (χ1v) is 7.91. The van der Waals surface area contributed by atoms with Gasteiger partial charge in [0.2, 0.25) is 5.91 Å². The van der Waals surface area contributed by atoms with Crippen molar-refractivity contribution >= 4 is 34.2 Å². The van der Waals surface area contributed by atoms with E-state index < -0.39 is 0 Å². The number of amides is 2. The van der Waals surface area contributed by atoms with Crippen molar-refractivity contribution in [1.82, 2.24) is 0 Å². The van der Waals surface area contributed by atoms with Crippen molar-refractivity contribution in [3.63, 3.8) is 0 Å². The second-order valence-corrected chi connectivity index (χ2v) is 5.80. The monoisotopic (exact) mass is 320 g/mol. The lowest BCUT2D eigenvalue weighted by Gasteiger charge is -2.15. The van der Waals surface area contributed by atoms with E-state index in [9.17, 15) is 9.59 Å². The van der Waals surface area contributed by atoms with Gasteiger partial charge in [-0.05, 0) is 42.8 Å². The number of para-hydroxylation sites is 1. The first kappa shape index (κ1) is 14.5. The van der Waals surface area contributed by atoms with Gasteiger partial charge in [-0.2, -0.15) is 0 Å². The predicted octanol–water partition coefficient (Wildman–Crippen LogP) is 3.81. The van der Waals surface area contributed by atoms with Gasteiger partial charge in [0.25, 0.3) is 5.91 Å². The van der Waals surface area contributed by atoms with Crippen molar-refractivity contribution in [2.75, 3.05) is 16.8 Å². The number of furan rings is 1. The van der Waals surface area contributed by atoms with Gasteiger partial charge in [0.05, 0.1) is 0 Å². The van der Waals surface area contributed by atoms with E-state index in [0.29, 0.717) is 17.7 Å². The Morgan fingerprint density at radius 3 is 2.58 bits per heavy atom. The van der Waals surface area contributed by atoms with E-state index in [0.717, 1.165) is 24.0 Å². The summed E-state index contributed by atoms with van der Waals surface area (Å²) in [6.45, 7) is 0.753. The summed E-state index contributed by atoms with van der Waals surface area (Å²) in [5.74, 6) is 0.125. The second-order valence-electron chi connectivity index (χ2n) is 5.80. The van der Waals surface area contributed by atoms with Gasteiger partial charge in [0, 0.05) is 29.7 Å². The van der Waals surface area contributed by atoms with Crippen LogP contribution in [-0.2, 0) is 4.79 Å². The molecular formula is C19H16N2O3. The van der Waals surface area contributed by atoms with Crippen LogP contribution in [0, 0.1) is 0 Å². The molecular weight excluding hydrogens is 304 g/mol. The molecule has 5 nitrogen and oxygen atoms in total. The average Bonchev–Trinajstić information content (AvgIpc) is 3.21. The molecule has 1 N–H and O–H groups in total. The van der Waals surface area contributed by atoms with Crippen molar-refractivity contribution in [3.8, 4) is 0 Å². The van der Waals surface area contributed by atoms with Gasteiger partial charge in [-0.25, -0.2) is 0 Å². The first-order chi connectivity index (χ1) is 11.7. The fraction of sp³-hybridized carbons (Fsp3) is 0.158. The molecule has 2 aromatic carbocycles. The summed E-state index contributed by atoms with van der Waals surface area (Å²) in [4.78, 5) is 25.8. The SMILES string of the molecule is O=C(Nc1ccc(N2CCCC2=O)cc1)c1cc2ccccc2o1. The molecule has 0 aliphatic carbocycles. The fourth-order valence-electron chi connectivity index (χ4n) is 2.93. The Kier molecular flexibility index (Phi) is 3.54. The molecule has 0 bridgehead atoms. The maximum absolute atomic E-state index is 12.3.